The molecule has 2 heterocycles. The topological polar surface area (TPSA) is 77.2 Å². The first-order valence-electron chi connectivity index (χ1n) is 10.5. The van der Waals surface area contributed by atoms with Crippen molar-refractivity contribution < 1.29 is 14.6 Å². The first-order valence-corrected chi connectivity index (χ1v) is 10.5. The predicted molar refractivity (Wildman–Crippen MR) is 121 cm³/mol. The molecule has 0 fully saturated rings. The van der Waals surface area contributed by atoms with Crippen molar-refractivity contribution in [2.75, 3.05) is 0 Å². The van der Waals surface area contributed by atoms with Crippen molar-refractivity contribution in [2.45, 2.75) is 39.7 Å². The smallest absolute Gasteiger partial charge is 0.449 e. The molecule has 0 spiro atoms. The third-order valence-corrected chi connectivity index (χ3v) is 5.27. The van der Waals surface area contributed by atoms with Gasteiger partial charge in [-0.1, -0.05) is 55.8 Å². The molecular formula is C25H25N3O3. The molecule has 1 N–H and O–H groups in total. The van der Waals surface area contributed by atoms with Gasteiger partial charge in [0.2, 0.25) is 0 Å². The van der Waals surface area contributed by atoms with E-state index in [2.05, 4.69) is 34.7 Å². The summed E-state index contributed by atoms with van der Waals surface area (Å²) in [6, 6.07) is 19.4. The van der Waals surface area contributed by atoms with Crippen molar-refractivity contribution in [1.29, 1.82) is 0 Å². The summed E-state index contributed by atoms with van der Waals surface area (Å²) in [4.78, 5) is 20.4. The van der Waals surface area contributed by atoms with E-state index in [0.29, 0.717) is 12.3 Å². The summed E-state index contributed by atoms with van der Waals surface area (Å²) < 4.78 is 7.17. The minimum atomic E-state index is -1.32. The van der Waals surface area contributed by atoms with Crippen molar-refractivity contribution in [3.63, 3.8) is 0 Å². The van der Waals surface area contributed by atoms with E-state index in [0.717, 1.165) is 58.6 Å². The Hall–Kier alpha value is -3.67. The molecule has 0 aliphatic heterocycles. The van der Waals surface area contributed by atoms with Gasteiger partial charge in [-0.15, -0.1) is 0 Å². The van der Waals surface area contributed by atoms with Gasteiger partial charge in [0.15, 0.2) is 5.65 Å². The molecule has 6 nitrogen and oxygen atoms in total. The average molecular weight is 415 g/mol. The highest BCUT2D eigenvalue weighted by atomic mass is 16.7. The zero-order valence-electron chi connectivity index (χ0n) is 17.7. The number of ether oxygens (including phenoxy) is 1. The lowest BCUT2D eigenvalue weighted by molar-refractivity contribution is 0.144. The van der Waals surface area contributed by atoms with Gasteiger partial charge >= 0.3 is 6.16 Å². The van der Waals surface area contributed by atoms with E-state index in [9.17, 15) is 4.79 Å². The minimum Gasteiger partial charge on any atom is -0.449 e. The van der Waals surface area contributed by atoms with E-state index in [1.165, 1.54) is 0 Å². The lowest BCUT2D eigenvalue weighted by Gasteiger charge is -2.11. The van der Waals surface area contributed by atoms with Crippen LogP contribution in [0.5, 0.6) is 5.75 Å². The maximum atomic E-state index is 11.0. The maximum Gasteiger partial charge on any atom is 0.511 e. The van der Waals surface area contributed by atoms with Gasteiger partial charge in [-0.05, 0) is 42.7 Å². The van der Waals surface area contributed by atoms with Crippen LogP contribution in [0.15, 0.2) is 60.7 Å². The molecule has 4 rings (SSSR count). The summed E-state index contributed by atoms with van der Waals surface area (Å²) >= 11 is 0. The second-order valence-corrected chi connectivity index (χ2v) is 7.57. The molecule has 4 aromatic rings. The van der Waals surface area contributed by atoms with Crippen LogP contribution in [-0.2, 0) is 13.0 Å². The van der Waals surface area contributed by atoms with Crippen LogP contribution >= 0.6 is 0 Å². The fourth-order valence-electron chi connectivity index (χ4n) is 3.71. The quantitative estimate of drug-likeness (QED) is 0.302. The zero-order chi connectivity index (χ0) is 21.8. The van der Waals surface area contributed by atoms with Gasteiger partial charge in [-0.3, -0.25) is 0 Å². The summed E-state index contributed by atoms with van der Waals surface area (Å²) in [6.45, 7) is 4.86. The van der Waals surface area contributed by atoms with Gasteiger partial charge in [0.25, 0.3) is 0 Å². The van der Waals surface area contributed by atoms with Crippen LogP contribution in [0.25, 0.3) is 22.3 Å². The fourth-order valence-corrected chi connectivity index (χ4v) is 3.71. The first-order chi connectivity index (χ1) is 15.0. The monoisotopic (exact) mass is 415 g/mol. The molecule has 0 unspecified atom stereocenters. The van der Waals surface area contributed by atoms with Gasteiger partial charge in [0.1, 0.15) is 11.6 Å². The van der Waals surface area contributed by atoms with Gasteiger partial charge < -0.3 is 14.4 Å². The Labute approximate surface area is 181 Å². The molecule has 0 aliphatic rings. The highest BCUT2D eigenvalue weighted by molar-refractivity contribution is 5.74. The van der Waals surface area contributed by atoms with E-state index < -0.39 is 6.16 Å². The Bertz CT molecular complexity index is 1210. The number of pyridine rings is 1. The van der Waals surface area contributed by atoms with Crippen molar-refractivity contribution >= 4 is 17.3 Å². The molecular weight excluding hydrogens is 390 g/mol. The minimum absolute atomic E-state index is 0.326. The molecule has 0 bridgehead atoms. The number of carbonyl (C=O) groups is 1. The van der Waals surface area contributed by atoms with Crippen molar-refractivity contribution in [1.82, 2.24) is 14.5 Å². The fraction of sp³-hybridized carbons (Fsp3) is 0.240. The number of aryl methyl sites for hydroxylation is 2. The van der Waals surface area contributed by atoms with E-state index in [4.69, 9.17) is 14.8 Å². The second-order valence-electron chi connectivity index (χ2n) is 7.57. The summed E-state index contributed by atoms with van der Waals surface area (Å²) in [6.07, 6.45) is 1.80. The number of fused-ring (bicyclic) bond motifs is 1. The van der Waals surface area contributed by atoms with Gasteiger partial charge in [0, 0.05) is 24.2 Å². The van der Waals surface area contributed by atoms with Crippen molar-refractivity contribution in [3.8, 4) is 16.9 Å². The van der Waals surface area contributed by atoms with Crippen LogP contribution in [0.4, 0.5) is 4.79 Å². The van der Waals surface area contributed by atoms with E-state index in [1.54, 1.807) is 12.1 Å². The second kappa shape index (κ2) is 9.00. The van der Waals surface area contributed by atoms with Crippen LogP contribution in [-0.4, -0.2) is 25.8 Å². The van der Waals surface area contributed by atoms with E-state index >= 15 is 0 Å². The average Bonchev–Trinajstić information content (AvgIpc) is 3.09. The molecule has 31 heavy (non-hydrogen) atoms. The molecule has 2 aromatic heterocycles. The third kappa shape index (κ3) is 4.58. The number of rotatable bonds is 7. The first kappa shape index (κ1) is 20.6. The summed E-state index contributed by atoms with van der Waals surface area (Å²) in [5, 5.41) is 8.98. The van der Waals surface area contributed by atoms with Crippen LogP contribution in [0.2, 0.25) is 0 Å². The van der Waals surface area contributed by atoms with Crippen LogP contribution in [0, 0.1) is 6.92 Å². The Morgan fingerprint density at radius 2 is 1.81 bits per heavy atom. The Kier molecular flexibility index (Phi) is 5.98. The lowest BCUT2D eigenvalue weighted by atomic mass is 10.0. The third-order valence-electron chi connectivity index (χ3n) is 5.27. The summed E-state index contributed by atoms with van der Waals surface area (Å²) in [5.41, 5.74) is 5.58. The molecule has 0 aliphatic carbocycles. The molecule has 0 saturated heterocycles. The Morgan fingerprint density at radius 3 is 2.55 bits per heavy atom. The highest BCUT2D eigenvalue weighted by Crippen LogP contribution is 2.30. The molecule has 2 aromatic carbocycles. The standard InChI is InChI=1S/C25H25N3O3/c1-3-4-9-23-27-24-21(15-10-17(2)26-24)28(23)16-18-11-13-19(14-12-18)20-7-5-6-8-22(20)31-25(29)30/h5-8,10-15H,3-4,9,16H2,1-2H3,(H,29,30). The Morgan fingerprint density at radius 1 is 1.03 bits per heavy atom. The normalized spacial score (nSPS) is 11.0. The zero-order valence-corrected chi connectivity index (χ0v) is 17.7. The molecule has 0 radical (unpaired) electrons. The van der Waals surface area contributed by atoms with Crippen LogP contribution in [0.3, 0.4) is 0 Å². The lowest BCUT2D eigenvalue weighted by Crippen LogP contribution is -2.06. The SMILES string of the molecule is CCCCc1nc2nc(C)ccc2n1Cc1ccc(-c2ccccc2OC(=O)O)cc1. The molecule has 0 amide bonds. The van der Waals surface area contributed by atoms with Gasteiger partial charge in [0.05, 0.1) is 5.52 Å². The molecule has 0 atom stereocenters. The number of hydrogen-bond acceptors (Lipinski definition) is 4. The Balaban J connectivity index is 1.64. The van der Waals surface area contributed by atoms with Crippen LogP contribution in [0.1, 0.15) is 36.8 Å². The number of nitrogens with zero attached hydrogens (tertiary/aromatic N) is 3. The van der Waals surface area contributed by atoms with Crippen LogP contribution < -0.4 is 4.74 Å². The molecule has 158 valence electrons. The van der Waals surface area contributed by atoms with E-state index in [-0.39, 0.29) is 0 Å². The largest absolute Gasteiger partial charge is 0.511 e. The summed E-state index contributed by atoms with van der Waals surface area (Å²) in [5.74, 6) is 1.38. The number of hydrogen-bond donors (Lipinski definition) is 1. The van der Waals surface area contributed by atoms with E-state index in [1.807, 2.05) is 37.3 Å². The predicted octanol–water partition coefficient (Wildman–Crippen LogP) is 5.85. The number of para-hydroxylation sites is 1. The number of carboxylic acid groups (broad SMARTS) is 1. The number of imidazole rings is 1. The number of aromatic nitrogens is 3. The summed E-state index contributed by atoms with van der Waals surface area (Å²) in [7, 11) is 0. The maximum absolute atomic E-state index is 11.0. The van der Waals surface area contributed by atoms with Gasteiger partial charge in [-0.25, -0.2) is 14.8 Å². The van der Waals surface area contributed by atoms with Crippen molar-refractivity contribution in [2.24, 2.45) is 0 Å². The number of benzene rings is 2. The number of unbranched alkanes of at least 4 members (excludes halogenated alkanes) is 1. The molecule has 6 heteroatoms. The highest BCUT2D eigenvalue weighted by Gasteiger charge is 2.13. The van der Waals surface area contributed by atoms with Gasteiger partial charge in [-0.2, -0.15) is 0 Å². The van der Waals surface area contributed by atoms with Crippen molar-refractivity contribution in [3.05, 3.63) is 77.7 Å². The molecule has 0 saturated carbocycles.